The summed E-state index contributed by atoms with van der Waals surface area (Å²) in [5, 5.41) is 4.75. The van der Waals surface area contributed by atoms with Gasteiger partial charge in [-0.05, 0) is 30.3 Å². The first-order valence-corrected chi connectivity index (χ1v) is 6.64. The van der Waals surface area contributed by atoms with E-state index in [0.717, 1.165) is 16.6 Å². The molecule has 0 saturated carbocycles. The van der Waals surface area contributed by atoms with Gasteiger partial charge in [-0.15, -0.1) is 0 Å². The molecule has 0 saturated heterocycles. The van der Waals surface area contributed by atoms with Gasteiger partial charge in [-0.25, -0.2) is 4.39 Å². The molecule has 0 aliphatic heterocycles. The van der Waals surface area contributed by atoms with Gasteiger partial charge in [0.2, 0.25) is 0 Å². The molecule has 1 heterocycles. The minimum Gasteiger partial charge on any atom is -0.379 e. The number of nitrogens with zero attached hydrogens (tertiary/aromatic N) is 1. The standard InChI is InChI=1S/C16H12ClFN2/c17-13-7-8-15(16-12(13)5-3-9-19-16)20-10-11-4-1-2-6-14(11)18/h1-9,20H,10H2. The third-order valence-corrected chi connectivity index (χ3v) is 3.47. The number of pyridine rings is 1. The zero-order valence-electron chi connectivity index (χ0n) is 10.6. The van der Waals surface area contributed by atoms with Gasteiger partial charge in [0, 0.05) is 23.7 Å². The minimum absolute atomic E-state index is 0.216. The van der Waals surface area contributed by atoms with Crippen molar-refractivity contribution in [2.24, 2.45) is 0 Å². The van der Waals surface area contributed by atoms with Crippen LogP contribution in [0.4, 0.5) is 10.1 Å². The van der Waals surface area contributed by atoms with Crippen molar-refractivity contribution < 1.29 is 4.39 Å². The maximum Gasteiger partial charge on any atom is 0.128 e. The molecular formula is C16H12ClFN2. The molecule has 0 unspecified atom stereocenters. The summed E-state index contributed by atoms with van der Waals surface area (Å²) in [5.41, 5.74) is 2.25. The minimum atomic E-state index is -0.216. The SMILES string of the molecule is Fc1ccccc1CNc1ccc(Cl)c2cccnc12. The van der Waals surface area contributed by atoms with E-state index in [0.29, 0.717) is 17.1 Å². The Bertz CT molecular complexity index is 758. The van der Waals surface area contributed by atoms with Crippen LogP contribution in [-0.2, 0) is 6.54 Å². The Balaban J connectivity index is 1.92. The number of nitrogens with one attached hydrogen (secondary N) is 1. The van der Waals surface area contributed by atoms with Crippen LogP contribution in [0, 0.1) is 5.82 Å². The summed E-state index contributed by atoms with van der Waals surface area (Å²) in [6.07, 6.45) is 1.72. The second-order valence-electron chi connectivity index (χ2n) is 4.44. The van der Waals surface area contributed by atoms with Gasteiger partial charge in [-0.2, -0.15) is 0 Å². The van der Waals surface area contributed by atoms with Crippen LogP contribution in [0.3, 0.4) is 0 Å². The average Bonchev–Trinajstić information content (AvgIpc) is 2.48. The fourth-order valence-electron chi connectivity index (χ4n) is 2.11. The summed E-state index contributed by atoms with van der Waals surface area (Å²) >= 11 is 6.14. The summed E-state index contributed by atoms with van der Waals surface area (Å²) in [6, 6.07) is 14.1. The monoisotopic (exact) mass is 286 g/mol. The van der Waals surface area contributed by atoms with E-state index in [1.807, 2.05) is 30.3 Å². The highest BCUT2D eigenvalue weighted by Crippen LogP contribution is 2.28. The van der Waals surface area contributed by atoms with Crippen molar-refractivity contribution in [3.8, 4) is 0 Å². The van der Waals surface area contributed by atoms with Crippen molar-refractivity contribution in [3.63, 3.8) is 0 Å². The highest BCUT2D eigenvalue weighted by atomic mass is 35.5. The van der Waals surface area contributed by atoms with Gasteiger partial charge in [-0.3, -0.25) is 4.98 Å². The van der Waals surface area contributed by atoms with Crippen LogP contribution < -0.4 is 5.32 Å². The third kappa shape index (κ3) is 2.45. The lowest BCUT2D eigenvalue weighted by atomic mass is 10.1. The Morgan fingerprint density at radius 3 is 2.75 bits per heavy atom. The Hall–Kier alpha value is -2.13. The van der Waals surface area contributed by atoms with E-state index < -0.39 is 0 Å². The van der Waals surface area contributed by atoms with Gasteiger partial charge >= 0.3 is 0 Å². The van der Waals surface area contributed by atoms with Crippen LogP contribution in [-0.4, -0.2) is 4.98 Å². The highest BCUT2D eigenvalue weighted by molar-refractivity contribution is 6.35. The summed E-state index contributed by atoms with van der Waals surface area (Å²) in [4.78, 5) is 4.34. The molecule has 0 bridgehead atoms. The molecule has 2 nitrogen and oxygen atoms in total. The van der Waals surface area contributed by atoms with Crippen LogP contribution >= 0.6 is 11.6 Å². The van der Waals surface area contributed by atoms with Crippen LogP contribution in [0.15, 0.2) is 54.7 Å². The van der Waals surface area contributed by atoms with Crippen LogP contribution in [0.5, 0.6) is 0 Å². The number of aromatic nitrogens is 1. The molecule has 2 aromatic carbocycles. The molecule has 20 heavy (non-hydrogen) atoms. The molecule has 0 amide bonds. The molecule has 0 aliphatic rings. The molecule has 0 radical (unpaired) electrons. The van der Waals surface area contributed by atoms with Gasteiger partial charge in [0.1, 0.15) is 5.82 Å². The summed E-state index contributed by atoms with van der Waals surface area (Å²) in [7, 11) is 0. The molecule has 0 aliphatic carbocycles. The Labute approximate surface area is 121 Å². The van der Waals surface area contributed by atoms with E-state index in [4.69, 9.17) is 11.6 Å². The lowest BCUT2D eigenvalue weighted by Crippen LogP contribution is -2.02. The first-order valence-electron chi connectivity index (χ1n) is 6.26. The molecular weight excluding hydrogens is 275 g/mol. The van der Waals surface area contributed by atoms with Gasteiger partial charge in [0.05, 0.1) is 16.2 Å². The molecule has 0 fully saturated rings. The maximum absolute atomic E-state index is 13.6. The van der Waals surface area contributed by atoms with Gasteiger partial charge in [-0.1, -0.05) is 29.8 Å². The Morgan fingerprint density at radius 1 is 1.05 bits per heavy atom. The third-order valence-electron chi connectivity index (χ3n) is 3.14. The van der Waals surface area contributed by atoms with Crippen molar-refractivity contribution in [2.45, 2.75) is 6.54 Å². The van der Waals surface area contributed by atoms with E-state index in [1.54, 1.807) is 18.3 Å². The largest absolute Gasteiger partial charge is 0.379 e. The molecule has 0 spiro atoms. The van der Waals surface area contributed by atoms with E-state index in [1.165, 1.54) is 6.07 Å². The first kappa shape index (κ1) is 12.9. The van der Waals surface area contributed by atoms with Gasteiger partial charge in [0.25, 0.3) is 0 Å². The molecule has 1 aromatic heterocycles. The van der Waals surface area contributed by atoms with Gasteiger partial charge in [0.15, 0.2) is 0 Å². The molecule has 100 valence electrons. The normalized spacial score (nSPS) is 10.7. The zero-order valence-corrected chi connectivity index (χ0v) is 11.4. The van der Waals surface area contributed by atoms with E-state index in [9.17, 15) is 4.39 Å². The number of halogens is 2. The molecule has 3 rings (SSSR count). The summed E-state index contributed by atoms with van der Waals surface area (Å²) < 4.78 is 13.6. The number of rotatable bonds is 3. The summed E-state index contributed by atoms with van der Waals surface area (Å²) in [6.45, 7) is 0.403. The molecule has 3 aromatic rings. The van der Waals surface area contributed by atoms with Crippen LogP contribution in [0.2, 0.25) is 5.02 Å². The van der Waals surface area contributed by atoms with E-state index in [2.05, 4.69) is 10.3 Å². The van der Waals surface area contributed by atoms with Crippen molar-refractivity contribution >= 4 is 28.2 Å². The van der Waals surface area contributed by atoms with E-state index in [-0.39, 0.29) is 5.82 Å². The molecule has 0 atom stereocenters. The maximum atomic E-state index is 13.6. The molecule has 1 N–H and O–H groups in total. The fourth-order valence-corrected chi connectivity index (χ4v) is 2.33. The number of anilines is 1. The Kier molecular flexibility index (Phi) is 3.52. The smallest absolute Gasteiger partial charge is 0.128 e. The van der Waals surface area contributed by atoms with Crippen molar-refractivity contribution in [3.05, 3.63) is 71.1 Å². The fraction of sp³-hybridized carbons (Fsp3) is 0.0625. The number of hydrogen-bond donors (Lipinski definition) is 1. The second-order valence-corrected chi connectivity index (χ2v) is 4.85. The zero-order chi connectivity index (χ0) is 13.9. The van der Waals surface area contributed by atoms with Crippen LogP contribution in [0.1, 0.15) is 5.56 Å². The lowest BCUT2D eigenvalue weighted by molar-refractivity contribution is 0.613. The first-order chi connectivity index (χ1) is 9.75. The summed E-state index contributed by atoms with van der Waals surface area (Å²) in [5.74, 6) is -0.216. The molecule has 4 heteroatoms. The number of benzene rings is 2. The van der Waals surface area contributed by atoms with Crippen LogP contribution in [0.25, 0.3) is 10.9 Å². The van der Waals surface area contributed by atoms with Crippen molar-refractivity contribution in [2.75, 3.05) is 5.32 Å². The second kappa shape index (κ2) is 5.47. The lowest BCUT2D eigenvalue weighted by Gasteiger charge is -2.10. The Morgan fingerprint density at radius 2 is 1.90 bits per heavy atom. The van der Waals surface area contributed by atoms with Crippen molar-refractivity contribution in [1.29, 1.82) is 0 Å². The van der Waals surface area contributed by atoms with Gasteiger partial charge < -0.3 is 5.32 Å². The van der Waals surface area contributed by atoms with E-state index >= 15 is 0 Å². The highest BCUT2D eigenvalue weighted by Gasteiger charge is 2.06. The predicted molar refractivity (Wildman–Crippen MR) is 80.5 cm³/mol. The quantitative estimate of drug-likeness (QED) is 0.759. The predicted octanol–water partition coefficient (Wildman–Crippen LogP) is 4.64. The topological polar surface area (TPSA) is 24.9 Å². The van der Waals surface area contributed by atoms with Crippen molar-refractivity contribution in [1.82, 2.24) is 4.98 Å². The number of hydrogen-bond acceptors (Lipinski definition) is 2. The average molecular weight is 287 g/mol. The number of fused-ring (bicyclic) bond motifs is 1.